The highest BCUT2D eigenvalue weighted by molar-refractivity contribution is 5.81. The van der Waals surface area contributed by atoms with E-state index in [0.717, 1.165) is 0 Å². The van der Waals surface area contributed by atoms with Crippen molar-refractivity contribution in [2.24, 2.45) is 0 Å². The first-order valence-corrected chi connectivity index (χ1v) is 7.58. The van der Waals surface area contributed by atoms with E-state index in [0.29, 0.717) is 17.8 Å². The minimum Gasteiger partial charge on any atom is -0.369 e. The lowest BCUT2D eigenvalue weighted by Gasteiger charge is -2.35. The average Bonchev–Trinajstić information content (AvgIpc) is 2.47. The SMILES string of the molecule is CC(C)(C)N1C=CC(NC(=O)Cc2ccccc2C(F)F)=CC1. The first-order valence-electron chi connectivity index (χ1n) is 7.58. The van der Waals surface area contributed by atoms with Crippen LogP contribution in [0.2, 0.25) is 0 Å². The van der Waals surface area contributed by atoms with Gasteiger partial charge in [-0.05, 0) is 38.5 Å². The van der Waals surface area contributed by atoms with Crippen molar-refractivity contribution in [1.82, 2.24) is 10.2 Å². The maximum atomic E-state index is 12.9. The van der Waals surface area contributed by atoms with E-state index in [4.69, 9.17) is 0 Å². The maximum absolute atomic E-state index is 12.9. The van der Waals surface area contributed by atoms with Crippen molar-refractivity contribution >= 4 is 5.91 Å². The van der Waals surface area contributed by atoms with Crippen LogP contribution in [0.1, 0.15) is 38.3 Å². The molecule has 124 valence electrons. The molecule has 0 spiro atoms. The molecule has 0 saturated carbocycles. The number of allylic oxidation sites excluding steroid dienone is 1. The fraction of sp³-hybridized carbons (Fsp3) is 0.389. The Bertz CT molecular complexity index is 630. The zero-order valence-corrected chi connectivity index (χ0v) is 13.6. The molecular formula is C18H22F2N2O. The third-order valence-corrected chi connectivity index (χ3v) is 3.73. The van der Waals surface area contributed by atoms with Crippen molar-refractivity contribution in [3.8, 4) is 0 Å². The highest BCUT2D eigenvalue weighted by Crippen LogP contribution is 2.23. The number of nitrogens with one attached hydrogen (secondary N) is 1. The van der Waals surface area contributed by atoms with Crippen molar-refractivity contribution < 1.29 is 13.6 Å². The van der Waals surface area contributed by atoms with Crippen molar-refractivity contribution in [3.63, 3.8) is 0 Å². The Morgan fingerprint density at radius 1 is 1.30 bits per heavy atom. The lowest BCUT2D eigenvalue weighted by Crippen LogP contribution is -2.39. The van der Waals surface area contributed by atoms with Gasteiger partial charge in [0.1, 0.15) is 0 Å². The summed E-state index contributed by atoms with van der Waals surface area (Å²) in [6.07, 6.45) is 3.04. The summed E-state index contributed by atoms with van der Waals surface area (Å²) in [5.74, 6) is -0.293. The molecule has 1 N–H and O–H groups in total. The van der Waals surface area contributed by atoms with Crippen LogP contribution < -0.4 is 5.32 Å². The molecule has 0 aromatic heterocycles. The third-order valence-electron chi connectivity index (χ3n) is 3.73. The van der Waals surface area contributed by atoms with E-state index in [1.807, 2.05) is 18.4 Å². The Kier molecular flexibility index (Phi) is 5.19. The van der Waals surface area contributed by atoms with E-state index < -0.39 is 6.43 Å². The van der Waals surface area contributed by atoms with Crippen LogP contribution in [-0.2, 0) is 11.2 Å². The number of nitrogens with zero attached hydrogens (tertiary/aromatic N) is 1. The Morgan fingerprint density at radius 2 is 2.00 bits per heavy atom. The van der Waals surface area contributed by atoms with Gasteiger partial charge in [0, 0.05) is 29.5 Å². The molecular weight excluding hydrogens is 298 g/mol. The number of rotatable bonds is 4. The minimum absolute atomic E-state index is 0.0126. The lowest BCUT2D eigenvalue weighted by atomic mass is 10.0. The number of carbonyl (C=O) groups is 1. The summed E-state index contributed by atoms with van der Waals surface area (Å²) in [7, 11) is 0. The van der Waals surface area contributed by atoms with Gasteiger partial charge in [-0.25, -0.2) is 8.78 Å². The third kappa shape index (κ3) is 4.65. The number of alkyl halides is 2. The van der Waals surface area contributed by atoms with Gasteiger partial charge in [0.25, 0.3) is 6.43 Å². The molecule has 5 heteroatoms. The first kappa shape index (κ1) is 17.2. The number of halogens is 2. The molecule has 3 nitrogen and oxygen atoms in total. The number of carbonyl (C=O) groups excluding carboxylic acids is 1. The predicted octanol–water partition coefficient (Wildman–Crippen LogP) is 3.79. The highest BCUT2D eigenvalue weighted by Gasteiger charge is 2.19. The quantitative estimate of drug-likeness (QED) is 0.915. The molecule has 0 radical (unpaired) electrons. The molecule has 1 aromatic carbocycles. The molecule has 0 bridgehead atoms. The van der Waals surface area contributed by atoms with Gasteiger partial charge < -0.3 is 10.2 Å². The molecule has 2 rings (SSSR count). The summed E-state index contributed by atoms with van der Waals surface area (Å²) < 4.78 is 25.9. The minimum atomic E-state index is -2.58. The zero-order valence-electron chi connectivity index (χ0n) is 13.6. The van der Waals surface area contributed by atoms with Crippen LogP contribution in [0, 0.1) is 0 Å². The number of hydrogen-bond donors (Lipinski definition) is 1. The standard InChI is InChI=1S/C18H22F2N2O/c1-18(2,3)22-10-8-14(9-11-22)21-16(23)12-13-6-4-5-7-15(13)17(19)20/h4-10,17H,11-12H2,1-3H3,(H,21,23). The van der Waals surface area contributed by atoms with Crippen LogP contribution in [0.4, 0.5) is 8.78 Å². The fourth-order valence-corrected chi connectivity index (χ4v) is 2.37. The van der Waals surface area contributed by atoms with Crippen LogP contribution in [0.5, 0.6) is 0 Å². The van der Waals surface area contributed by atoms with E-state index in [9.17, 15) is 13.6 Å². The normalized spacial score (nSPS) is 14.9. The molecule has 1 aliphatic heterocycles. The molecule has 1 amide bonds. The van der Waals surface area contributed by atoms with Gasteiger partial charge in [-0.1, -0.05) is 24.3 Å². The summed E-state index contributed by atoms with van der Waals surface area (Å²) in [6, 6.07) is 6.13. The summed E-state index contributed by atoms with van der Waals surface area (Å²) in [5, 5.41) is 2.77. The molecule has 0 fully saturated rings. The second-order valence-electron chi connectivity index (χ2n) is 6.52. The van der Waals surface area contributed by atoms with Crippen LogP contribution in [-0.4, -0.2) is 22.9 Å². The van der Waals surface area contributed by atoms with E-state index in [1.54, 1.807) is 18.2 Å². The molecule has 23 heavy (non-hydrogen) atoms. The number of benzene rings is 1. The zero-order chi connectivity index (χ0) is 17.0. The van der Waals surface area contributed by atoms with Gasteiger partial charge in [-0.3, -0.25) is 4.79 Å². The highest BCUT2D eigenvalue weighted by atomic mass is 19.3. The molecule has 0 aliphatic carbocycles. The molecule has 1 heterocycles. The molecule has 0 unspecified atom stereocenters. The Morgan fingerprint density at radius 3 is 2.57 bits per heavy atom. The maximum Gasteiger partial charge on any atom is 0.264 e. The van der Waals surface area contributed by atoms with Gasteiger partial charge >= 0.3 is 0 Å². The second kappa shape index (κ2) is 6.94. The summed E-state index contributed by atoms with van der Waals surface area (Å²) in [5.41, 5.74) is 0.982. The van der Waals surface area contributed by atoms with Gasteiger partial charge in [-0.2, -0.15) is 0 Å². The number of hydrogen-bond acceptors (Lipinski definition) is 2. The topological polar surface area (TPSA) is 32.3 Å². The van der Waals surface area contributed by atoms with Gasteiger partial charge in [0.05, 0.1) is 6.42 Å². The van der Waals surface area contributed by atoms with Crippen molar-refractivity contribution in [2.45, 2.75) is 39.2 Å². The first-order chi connectivity index (χ1) is 10.8. The monoisotopic (exact) mass is 320 g/mol. The van der Waals surface area contributed by atoms with E-state index in [2.05, 4.69) is 31.0 Å². The average molecular weight is 320 g/mol. The summed E-state index contributed by atoms with van der Waals surface area (Å²) in [6.45, 7) is 7.02. The largest absolute Gasteiger partial charge is 0.369 e. The number of amides is 1. The van der Waals surface area contributed by atoms with E-state index >= 15 is 0 Å². The molecule has 1 aromatic rings. The molecule has 1 aliphatic rings. The summed E-state index contributed by atoms with van der Waals surface area (Å²) >= 11 is 0. The fourth-order valence-electron chi connectivity index (χ4n) is 2.37. The lowest BCUT2D eigenvalue weighted by molar-refractivity contribution is -0.119. The predicted molar refractivity (Wildman–Crippen MR) is 86.9 cm³/mol. The molecule has 0 saturated heterocycles. The second-order valence-corrected chi connectivity index (χ2v) is 6.52. The van der Waals surface area contributed by atoms with Crippen LogP contribution in [0.15, 0.2) is 48.3 Å². The van der Waals surface area contributed by atoms with Crippen LogP contribution >= 0.6 is 0 Å². The van der Waals surface area contributed by atoms with Gasteiger partial charge in [0.15, 0.2) is 0 Å². The Balaban J connectivity index is 1.97. The Labute approximate surface area is 135 Å². The van der Waals surface area contributed by atoms with Gasteiger partial charge in [0.2, 0.25) is 5.91 Å². The van der Waals surface area contributed by atoms with Crippen molar-refractivity contribution in [3.05, 3.63) is 59.4 Å². The van der Waals surface area contributed by atoms with E-state index in [-0.39, 0.29) is 23.4 Å². The Hall–Kier alpha value is -2.17. The molecule has 0 atom stereocenters. The van der Waals surface area contributed by atoms with Crippen LogP contribution in [0.25, 0.3) is 0 Å². The van der Waals surface area contributed by atoms with Crippen LogP contribution in [0.3, 0.4) is 0 Å². The van der Waals surface area contributed by atoms with Crippen molar-refractivity contribution in [2.75, 3.05) is 6.54 Å². The van der Waals surface area contributed by atoms with E-state index in [1.165, 1.54) is 6.07 Å². The van der Waals surface area contributed by atoms with Gasteiger partial charge in [-0.15, -0.1) is 0 Å². The summed E-state index contributed by atoms with van der Waals surface area (Å²) in [4.78, 5) is 14.2. The smallest absolute Gasteiger partial charge is 0.264 e. The van der Waals surface area contributed by atoms with Crippen molar-refractivity contribution in [1.29, 1.82) is 0 Å².